The highest BCUT2D eigenvalue weighted by Gasteiger charge is 2.32. The summed E-state index contributed by atoms with van der Waals surface area (Å²) in [7, 11) is 0. The van der Waals surface area contributed by atoms with Gasteiger partial charge in [-0.3, -0.25) is 4.79 Å². The number of rotatable bonds is 6. The summed E-state index contributed by atoms with van der Waals surface area (Å²) in [6.07, 6.45) is -0.304. The number of carboxylic acids is 1. The van der Waals surface area contributed by atoms with Crippen LogP contribution in [0.25, 0.3) is 0 Å². The first kappa shape index (κ1) is 18.3. The van der Waals surface area contributed by atoms with E-state index in [1.165, 1.54) is 4.90 Å². The fraction of sp³-hybridized carbons (Fsp3) is 0.556. The molecule has 2 rings (SSSR count). The summed E-state index contributed by atoms with van der Waals surface area (Å²) in [6.45, 7) is 7.13. The average molecular weight is 335 g/mol. The van der Waals surface area contributed by atoms with Crippen molar-refractivity contribution in [3.05, 3.63) is 29.8 Å². The highest BCUT2D eigenvalue weighted by atomic mass is 16.5. The van der Waals surface area contributed by atoms with Gasteiger partial charge in [0, 0.05) is 12.1 Å². The minimum atomic E-state index is -1.05. The van der Waals surface area contributed by atoms with E-state index in [1.54, 1.807) is 31.2 Å². The topological polar surface area (TPSA) is 76.1 Å². The van der Waals surface area contributed by atoms with Gasteiger partial charge in [-0.25, -0.2) is 4.79 Å². The summed E-state index contributed by atoms with van der Waals surface area (Å²) in [6, 6.07) is 6.96. The lowest BCUT2D eigenvalue weighted by atomic mass is 10.1. The Hall–Kier alpha value is -2.08. The van der Waals surface area contributed by atoms with Crippen molar-refractivity contribution < 1.29 is 24.2 Å². The van der Waals surface area contributed by atoms with Crippen molar-refractivity contribution >= 4 is 11.9 Å². The normalized spacial score (nSPS) is 20.9. The number of carbonyl (C=O) groups is 2. The lowest BCUT2D eigenvalue weighted by molar-refractivity contribution is -0.160. The second kappa shape index (κ2) is 8.15. The second-order valence-electron chi connectivity index (χ2n) is 6.54. The van der Waals surface area contributed by atoms with Gasteiger partial charge in [-0.1, -0.05) is 13.8 Å². The van der Waals surface area contributed by atoms with Crippen LogP contribution in [0, 0.1) is 5.92 Å². The Morgan fingerprint density at radius 2 is 1.96 bits per heavy atom. The summed E-state index contributed by atoms with van der Waals surface area (Å²) in [4.78, 5) is 25.2. The van der Waals surface area contributed by atoms with Gasteiger partial charge in [0.1, 0.15) is 5.75 Å². The van der Waals surface area contributed by atoms with E-state index in [9.17, 15) is 9.59 Å². The summed E-state index contributed by atoms with van der Waals surface area (Å²) in [5.41, 5.74) is 0.518. The molecule has 6 nitrogen and oxygen atoms in total. The zero-order chi connectivity index (χ0) is 17.7. The van der Waals surface area contributed by atoms with Crippen molar-refractivity contribution in [3.63, 3.8) is 0 Å². The number of hydrogen-bond acceptors (Lipinski definition) is 4. The Morgan fingerprint density at radius 3 is 2.54 bits per heavy atom. The van der Waals surface area contributed by atoms with Crippen molar-refractivity contribution in [1.29, 1.82) is 0 Å². The first-order valence-electron chi connectivity index (χ1n) is 8.27. The van der Waals surface area contributed by atoms with Gasteiger partial charge in [-0.15, -0.1) is 0 Å². The van der Waals surface area contributed by atoms with Crippen LogP contribution in [0.3, 0.4) is 0 Å². The first-order valence-corrected chi connectivity index (χ1v) is 8.27. The molecule has 1 aliphatic heterocycles. The molecule has 1 fully saturated rings. The third kappa shape index (κ3) is 4.96. The highest BCUT2D eigenvalue weighted by Crippen LogP contribution is 2.18. The number of carbonyl (C=O) groups excluding carboxylic acids is 1. The van der Waals surface area contributed by atoms with Crippen LogP contribution < -0.4 is 4.74 Å². The van der Waals surface area contributed by atoms with E-state index < -0.39 is 12.1 Å². The Bertz CT molecular complexity index is 569. The molecule has 6 heteroatoms. The van der Waals surface area contributed by atoms with E-state index >= 15 is 0 Å². The molecule has 24 heavy (non-hydrogen) atoms. The summed E-state index contributed by atoms with van der Waals surface area (Å²) < 4.78 is 11.0. The molecule has 1 aromatic rings. The maximum atomic E-state index is 12.6. The van der Waals surface area contributed by atoms with E-state index in [4.69, 9.17) is 14.6 Å². The molecule has 1 aliphatic rings. The van der Waals surface area contributed by atoms with Gasteiger partial charge in [0.15, 0.2) is 6.10 Å². The molecule has 1 amide bonds. The minimum absolute atomic E-state index is 0.0607. The third-order valence-corrected chi connectivity index (χ3v) is 3.89. The molecule has 0 spiro atoms. The van der Waals surface area contributed by atoms with Gasteiger partial charge < -0.3 is 19.5 Å². The van der Waals surface area contributed by atoms with Crippen LogP contribution in [-0.2, 0) is 9.53 Å². The zero-order valence-corrected chi connectivity index (χ0v) is 14.4. The van der Waals surface area contributed by atoms with Gasteiger partial charge >= 0.3 is 5.97 Å². The third-order valence-electron chi connectivity index (χ3n) is 3.89. The molecule has 1 heterocycles. The molecule has 1 aromatic carbocycles. The Labute approximate surface area is 142 Å². The highest BCUT2D eigenvalue weighted by molar-refractivity contribution is 5.94. The van der Waals surface area contributed by atoms with E-state index in [-0.39, 0.29) is 18.6 Å². The number of amides is 1. The maximum absolute atomic E-state index is 12.6. The monoisotopic (exact) mass is 335 g/mol. The Balaban J connectivity index is 1.97. The van der Waals surface area contributed by atoms with E-state index in [2.05, 4.69) is 13.8 Å². The van der Waals surface area contributed by atoms with Crippen LogP contribution in [0.1, 0.15) is 37.6 Å². The minimum Gasteiger partial charge on any atom is -0.494 e. The van der Waals surface area contributed by atoms with Crippen molar-refractivity contribution in [2.45, 2.75) is 39.4 Å². The SMILES string of the molecule is CC(C)CCOc1ccc(C(=O)N2CC(C(=O)O)O[C@H](C)C2)cc1. The average Bonchev–Trinajstić information content (AvgIpc) is 2.54. The number of aliphatic carboxylic acids is 1. The summed E-state index contributed by atoms with van der Waals surface area (Å²) in [5.74, 6) is 0.0701. The number of morpholine rings is 1. The number of carboxylic acid groups (broad SMARTS) is 1. The second-order valence-corrected chi connectivity index (χ2v) is 6.54. The fourth-order valence-corrected chi connectivity index (χ4v) is 2.54. The van der Waals surface area contributed by atoms with Crippen molar-refractivity contribution in [1.82, 2.24) is 4.90 Å². The van der Waals surface area contributed by atoms with E-state index in [0.29, 0.717) is 24.6 Å². The van der Waals surface area contributed by atoms with Gasteiger partial charge in [-0.2, -0.15) is 0 Å². The number of hydrogen-bond donors (Lipinski definition) is 1. The van der Waals surface area contributed by atoms with Crippen LogP contribution in [0.4, 0.5) is 0 Å². The van der Waals surface area contributed by atoms with Crippen LogP contribution in [0.2, 0.25) is 0 Å². The molecule has 0 aromatic heterocycles. The van der Waals surface area contributed by atoms with E-state index in [0.717, 1.165) is 12.2 Å². The summed E-state index contributed by atoms with van der Waals surface area (Å²) >= 11 is 0. The molecule has 132 valence electrons. The predicted molar refractivity (Wildman–Crippen MR) is 89.3 cm³/mol. The standard InChI is InChI=1S/C18H25NO5/c1-12(2)8-9-23-15-6-4-14(5-7-15)17(20)19-10-13(3)24-16(11-19)18(21)22/h4-7,12-13,16H,8-11H2,1-3H3,(H,21,22)/t13-,16?/m1/s1. The Kier molecular flexibility index (Phi) is 6.20. The first-order chi connectivity index (χ1) is 11.4. The van der Waals surface area contributed by atoms with Gasteiger partial charge in [-0.05, 0) is 43.5 Å². The quantitative estimate of drug-likeness (QED) is 0.864. The number of benzene rings is 1. The predicted octanol–water partition coefficient (Wildman–Crippen LogP) is 2.43. The lowest BCUT2D eigenvalue weighted by Gasteiger charge is -2.35. The molecule has 0 saturated carbocycles. The van der Waals surface area contributed by atoms with Gasteiger partial charge in [0.05, 0.1) is 19.3 Å². The van der Waals surface area contributed by atoms with Gasteiger partial charge in [0.2, 0.25) is 0 Å². The zero-order valence-electron chi connectivity index (χ0n) is 14.4. The van der Waals surface area contributed by atoms with Crippen LogP contribution >= 0.6 is 0 Å². The number of ether oxygens (including phenoxy) is 2. The number of nitrogens with zero attached hydrogens (tertiary/aromatic N) is 1. The molecule has 0 radical (unpaired) electrons. The van der Waals surface area contributed by atoms with Crippen LogP contribution in [0.5, 0.6) is 5.75 Å². The molecule has 2 atom stereocenters. The molecule has 1 unspecified atom stereocenters. The lowest BCUT2D eigenvalue weighted by Crippen LogP contribution is -2.51. The molecular weight excluding hydrogens is 310 g/mol. The van der Waals surface area contributed by atoms with Crippen molar-refractivity contribution in [2.24, 2.45) is 5.92 Å². The van der Waals surface area contributed by atoms with E-state index in [1.807, 2.05) is 0 Å². The fourth-order valence-electron chi connectivity index (χ4n) is 2.54. The van der Waals surface area contributed by atoms with Crippen molar-refractivity contribution in [3.8, 4) is 5.75 Å². The molecule has 1 saturated heterocycles. The summed E-state index contributed by atoms with van der Waals surface area (Å²) in [5, 5.41) is 9.10. The van der Waals surface area contributed by atoms with Gasteiger partial charge in [0.25, 0.3) is 5.91 Å². The Morgan fingerprint density at radius 1 is 1.29 bits per heavy atom. The molecule has 0 aliphatic carbocycles. The largest absolute Gasteiger partial charge is 0.494 e. The smallest absolute Gasteiger partial charge is 0.334 e. The van der Waals surface area contributed by atoms with Crippen LogP contribution in [-0.4, -0.2) is 53.8 Å². The molecule has 0 bridgehead atoms. The molecular formula is C18H25NO5. The van der Waals surface area contributed by atoms with Crippen molar-refractivity contribution in [2.75, 3.05) is 19.7 Å². The van der Waals surface area contributed by atoms with Crippen LogP contribution in [0.15, 0.2) is 24.3 Å². The molecule has 1 N–H and O–H groups in total. The maximum Gasteiger partial charge on any atom is 0.334 e.